The van der Waals surface area contributed by atoms with Gasteiger partial charge in [-0.1, -0.05) is 13.8 Å². The summed E-state index contributed by atoms with van der Waals surface area (Å²) >= 11 is 0. The normalized spacial score (nSPS) is 14.2. The molecular weight excluding hydrogens is 160 g/mol. The van der Waals surface area contributed by atoms with Crippen LogP contribution in [0.5, 0.6) is 0 Å². The van der Waals surface area contributed by atoms with Crippen molar-refractivity contribution in [3.8, 4) is 0 Å². The van der Waals surface area contributed by atoms with Crippen LogP contribution in [0.1, 0.15) is 26.7 Å². The van der Waals surface area contributed by atoms with Crippen LogP contribution in [-0.2, 0) is 0 Å². The van der Waals surface area contributed by atoms with Crippen LogP contribution in [0.15, 0.2) is 0 Å². The molecule has 0 aromatic heterocycles. The predicted octanol–water partition coefficient (Wildman–Crippen LogP) is 2.62. The molecule has 0 bridgehead atoms. The zero-order valence-electron chi connectivity index (χ0n) is 8.19. The molecule has 0 saturated heterocycles. The Hall–Kier alpha value is -0.180. The summed E-state index contributed by atoms with van der Waals surface area (Å²) in [4.78, 5) is 2.15. The second kappa shape index (κ2) is 6.35. The highest BCUT2D eigenvalue weighted by atomic mass is 19.3. The number of nitrogens with zero attached hydrogens (tertiary/aromatic N) is 1. The molecule has 0 N–H and O–H groups in total. The summed E-state index contributed by atoms with van der Waals surface area (Å²) in [6.45, 7) is 6.00. The number of alkyl halides is 2. The minimum Gasteiger partial charge on any atom is -0.306 e. The van der Waals surface area contributed by atoms with Crippen molar-refractivity contribution in [1.82, 2.24) is 4.90 Å². The Bertz CT molecular complexity index is 107. The third kappa shape index (κ3) is 6.53. The van der Waals surface area contributed by atoms with Crippen molar-refractivity contribution in [3.63, 3.8) is 0 Å². The summed E-state index contributed by atoms with van der Waals surface area (Å²) in [6, 6.07) is 0. The van der Waals surface area contributed by atoms with Crippen molar-refractivity contribution >= 4 is 0 Å². The topological polar surface area (TPSA) is 3.24 Å². The largest absolute Gasteiger partial charge is 0.306 e. The minimum absolute atomic E-state index is 0.0404. The SMILES string of the molecule is CCN(C)CC(C)CCC(F)F. The lowest BCUT2D eigenvalue weighted by atomic mass is 10.1. The Morgan fingerprint density at radius 2 is 1.83 bits per heavy atom. The summed E-state index contributed by atoms with van der Waals surface area (Å²) in [5.74, 6) is 0.379. The van der Waals surface area contributed by atoms with E-state index >= 15 is 0 Å². The summed E-state index contributed by atoms with van der Waals surface area (Å²) < 4.78 is 23.6. The molecule has 3 heteroatoms. The summed E-state index contributed by atoms with van der Waals surface area (Å²) in [6.07, 6.45) is -1.47. The van der Waals surface area contributed by atoms with Crippen LogP contribution in [0.4, 0.5) is 8.78 Å². The summed E-state index contributed by atoms with van der Waals surface area (Å²) in [7, 11) is 2.01. The average Bonchev–Trinajstić information content (AvgIpc) is 2.00. The van der Waals surface area contributed by atoms with Gasteiger partial charge in [0, 0.05) is 13.0 Å². The molecule has 0 amide bonds. The van der Waals surface area contributed by atoms with Crippen LogP contribution >= 0.6 is 0 Å². The van der Waals surface area contributed by atoms with Crippen LogP contribution < -0.4 is 0 Å². The van der Waals surface area contributed by atoms with E-state index in [1.54, 1.807) is 0 Å². The van der Waals surface area contributed by atoms with E-state index in [1.165, 1.54) is 0 Å². The van der Waals surface area contributed by atoms with E-state index in [0.29, 0.717) is 12.3 Å². The third-order valence-corrected chi connectivity index (χ3v) is 2.04. The molecule has 0 aliphatic heterocycles. The Balaban J connectivity index is 3.39. The molecule has 74 valence electrons. The van der Waals surface area contributed by atoms with Gasteiger partial charge in [-0.25, -0.2) is 8.78 Å². The van der Waals surface area contributed by atoms with Gasteiger partial charge in [-0.3, -0.25) is 0 Å². The molecule has 0 saturated carbocycles. The van der Waals surface area contributed by atoms with Crippen molar-refractivity contribution < 1.29 is 8.78 Å². The van der Waals surface area contributed by atoms with Crippen molar-refractivity contribution in [2.75, 3.05) is 20.1 Å². The molecule has 1 atom stereocenters. The Morgan fingerprint density at radius 1 is 1.25 bits per heavy atom. The molecule has 0 spiro atoms. The van der Waals surface area contributed by atoms with Crippen molar-refractivity contribution in [2.24, 2.45) is 5.92 Å². The highest BCUT2D eigenvalue weighted by Gasteiger charge is 2.08. The van der Waals surface area contributed by atoms with Crippen LogP contribution in [0.2, 0.25) is 0 Å². The molecule has 0 aromatic rings. The van der Waals surface area contributed by atoms with Crippen molar-refractivity contribution in [1.29, 1.82) is 0 Å². The van der Waals surface area contributed by atoms with E-state index in [2.05, 4.69) is 11.8 Å². The van der Waals surface area contributed by atoms with Crippen LogP contribution in [-0.4, -0.2) is 31.5 Å². The maximum absolute atomic E-state index is 11.8. The second-order valence-electron chi connectivity index (χ2n) is 3.43. The lowest BCUT2D eigenvalue weighted by molar-refractivity contribution is 0.125. The highest BCUT2D eigenvalue weighted by Crippen LogP contribution is 2.11. The third-order valence-electron chi connectivity index (χ3n) is 2.04. The first-order valence-electron chi connectivity index (χ1n) is 4.53. The van der Waals surface area contributed by atoms with Crippen LogP contribution in [0, 0.1) is 5.92 Å². The standard InChI is InChI=1S/C9H19F2N/c1-4-12(3)7-8(2)5-6-9(10)11/h8-9H,4-7H2,1-3H3. The van der Waals surface area contributed by atoms with Gasteiger partial charge in [-0.05, 0) is 25.9 Å². The highest BCUT2D eigenvalue weighted by molar-refractivity contribution is 4.58. The van der Waals surface area contributed by atoms with Gasteiger partial charge < -0.3 is 4.90 Å². The fraction of sp³-hybridized carbons (Fsp3) is 1.00. The lowest BCUT2D eigenvalue weighted by Gasteiger charge is -2.19. The average molecular weight is 179 g/mol. The fourth-order valence-electron chi connectivity index (χ4n) is 1.16. The molecule has 1 unspecified atom stereocenters. The minimum atomic E-state index is -2.14. The maximum Gasteiger partial charge on any atom is 0.238 e. The molecule has 0 fully saturated rings. The first-order chi connectivity index (χ1) is 5.56. The smallest absolute Gasteiger partial charge is 0.238 e. The summed E-state index contributed by atoms with van der Waals surface area (Å²) in [5.41, 5.74) is 0. The first kappa shape index (κ1) is 11.8. The number of hydrogen-bond donors (Lipinski definition) is 0. The van der Waals surface area contributed by atoms with Crippen molar-refractivity contribution in [2.45, 2.75) is 33.1 Å². The zero-order chi connectivity index (χ0) is 9.56. The predicted molar refractivity (Wildman–Crippen MR) is 47.6 cm³/mol. The van der Waals surface area contributed by atoms with E-state index in [1.807, 2.05) is 14.0 Å². The lowest BCUT2D eigenvalue weighted by Crippen LogP contribution is -2.24. The van der Waals surface area contributed by atoms with Gasteiger partial charge in [0.1, 0.15) is 0 Å². The van der Waals surface area contributed by atoms with E-state index in [0.717, 1.165) is 13.1 Å². The molecule has 0 rings (SSSR count). The van der Waals surface area contributed by atoms with Gasteiger partial charge >= 0.3 is 0 Å². The van der Waals surface area contributed by atoms with Crippen LogP contribution in [0.25, 0.3) is 0 Å². The molecule has 0 radical (unpaired) electrons. The second-order valence-corrected chi connectivity index (χ2v) is 3.43. The van der Waals surface area contributed by atoms with E-state index in [9.17, 15) is 8.78 Å². The number of halogens is 2. The maximum atomic E-state index is 11.8. The monoisotopic (exact) mass is 179 g/mol. The number of rotatable bonds is 6. The zero-order valence-corrected chi connectivity index (χ0v) is 8.19. The first-order valence-corrected chi connectivity index (χ1v) is 4.53. The Kier molecular flexibility index (Phi) is 6.25. The molecule has 0 heterocycles. The van der Waals surface area contributed by atoms with Crippen LogP contribution in [0.3, 0.4) is 0 Å². The van der Waals surface area contributed by atoms with E-state index < -0.39 is 6.43 Å². The number of hydrogen-bond acceptors (Lipinski definition) is 1. The molecular formula is C9H19F2N. The van der Waals surface area contributed by atoms with Gasteiger partial charge in [0.05, 0.1) is 0 Å². The Morgan fingerprint density at radius 3 is 2.25 bits per heavy atom. The van der Waals surface area contributed by atoms with E-state index in [4.69, 9.17) is 0 Å². The van der Waals surface area contributed by atoms with Gasteiger partial charge in [0.2, 0.25) is 6.43 Å². The van der Waals surface area contributed by atoms with Crippen molar-refractivity contribution in [3.05, 3.63) is 0 Å². The Labute approximate surface area is 73.7 Å². The molecule has 0 aromatic carbocycles. The van der Waals surface area contributed by atoms with E-state index in [-0.39, 0.29) is 6.42 Å². The molecule has 0 aliphatic rings. The molecule has 1 nitrogen and oxygen atoms in total. The van der Waals surface area contributed by atoms with Gasteiger partial charge in [0.25, 0.3) is 0 Å². The van der Waals surface area contributed by atoms with Gasteiger partial charge in [0.15, 0.2) is 0 Å². The van der Waals surface area contributed by atoms with Gasteiger partial charge in [-0.2, -0.15) is 0 Å². The summed E-state index contributed by atoms with van der Waals surface area (Å²) in [5, 5.41) is 0. The fourth-order valence-corrected chi connectivity index (χ4v) is 1.16. The quantitative estimate of drug-likeness (QED) is 0.606. The molecule has 12 heavy (non-hydrogen) atoms. The molecule has 0 aliphatic carbocycles. The van der Waals surface area contributed by atoms with Gasteiger partial charge in [-0.15, -0.1) is 0 Å².